The molecule has 23 heavy (non-hydrogen) atoms. The molecule has 0 bridgehead atoms. The van der Waals surface area contributed by atoms with Crippen LogP contribution in [0.5, 0.6) is 5.75 Å². The van der Waals surface area contributed by atoms with Gasteiger partial charge in [0.2, 0.25) is 5.91 Å². The number of amides is 1. The topological polar surface area (TPSA) is 32.8 Å². The summed E-state index contributed by atoms with van der Waals surface area (Å²) in [5.41, 5.74) is 3.92. The minimum absolute atomic E-state index is 0.157. The molecular formula is C19H26N2O2. The van der Waals surface area contributed by atoms with Gasteiger partial charge in [-0.3, -0.25) is 4.79 Å². The van der Waals surface area contributed by atoms with E-state index in [1.807, 2.05) is 4.90 Å². The zero-order chi connectivity index (χ0) is 16.0. The molecule has 0 radical (unpaired) electrons. The maximum absolute atomic E-state index is 12.1. The van der Waals surface area contributed by atoms with Crippen LogP contribution >= 0.6 is 0 Å². The summed E-state index contributed by atoms with van der Waals surface area (Å²) >= 11 is 0. The first kappa shape index (κ1) is 15.0. The van der Waals surface area contributed by atoms with Crippen molar-refractivity contribution in [2.24, 2.45) is 0 Å². The maximum Gasteiger partial charge on any atom is 0.223 e. The fourth-order valence-corrected chi connectivity index (χ4v) is 4.38. The van der Waals surface area contributed by atoms with E-state index in [2.05, 4.69) is 24.1 Å². The monoisotopic (exact) mass is 314 g/mol. The first-order valence-corrected chi connectivity index (χ1v) is 8.86. The number of piperidine rings is 1. The fourth-order valence-electron chi connectivity index (χ4n) is 4.38. The molecule has 0 atom stereocenters. The predicted molar refractivity (Wildman–Crippen MR) is 91.3 cm³/mol. The zero-order valence-electron chi connectivity index (χ0n) is 14.2. The SMILES string of the molecule is CC(=O)N1CCCCc2cc3c(cc21)C1(CCN(C)CC1)CO3. The summed E-state index contributed by atoms with van der Waals surface area (Å²) < 4.78 is 6.11. The third-order valence-corrected chi connectivity index (χ3v) is 5.95. The highest BCUT2D eigenvalue weighted by molar-refractivity contribution is 5.93. The molecule has 0 N–H and O–H groups in total. The smallest absolute Gasteiger partial charge is 0.223 e. The van der Waals surface area contributed by atoms with Crippen LogP contribution in [0, 0.1) is 0 Å². The number of anilines is 1. The molecule has 1 saturated heterocycles. The van der Waals surface area contributed by atoms with Gasteiger partial charge in [-0.05, 0) is 69.9 Å². The van der Waals surface area contributed by atoms with Gasteiger partial charge in [0.1, 0.15) is 5.75 Å². The lowest BCUT2D eigenvalue weighted by molar-refractivity contribution is -0.116. The molecule has 3 aliphatic heterocycles. The van der Waals surface area contributed by atoms with E-state index in [1.54, 1.807) is 6.92 Å². The van der Waals surface area contributed by atoms with Gasteiger partial charge in [0.05, 0.1) is 6.61 Å². The lowest BCUT2D eigenvalue weighted by Gasteiger charge is -2.37. The summed E-state index contributed by atoms with van der Waals surface area (Å²) in [6.45, 7) is 5.58. The molecule has 4 nitrogen and oxygen atoms in total. The Morgan fingerprint density at radius 1 is 1.17 bits per heavy atom. The molecule has 0 unspecified atom stereocenters. The van der Waals surface area contributed by atoms with Crippen LogP contribution in [0.15, 0.2) is 12.1 Å². The summed E-state index contributed by atoms with van der Waals surface area (Å²) in [5, 5.41) is 0. The van der Waals surface area contributed by atoms with Crippen molar-refractivity contribution in [2.45, 2.75) is 44.4 Å². The van der Waals surface area contributed by atoms with Crippen molar-refractivity contribution in [1.29, 1.82) is 0 Å². The third kappa shape index (κ3) is 2.44. The van der Waals surface area contributed by atoms with Crippen molar-refractivity contribution in [1.82, 2.24) is 4.90 Å². The van der Waals surface area contributed by atoms with Crippen molar-refractivity contribution in [3.05, 3.63) is 23.3 Å². The van der Waals surface area contributed by atoms with E-state index in [1.165, 1.54) is 11.1 Å². The lowest BCUT2D eigenvalue weighted by atomic mass is 9.74. The molecule has 3 aliphatic rings. The minimum Gasteiger partial charge on any atom is -0.492 e. The Bertz CT molecular complexity index is 633. The number of hydrogen-bond donors (Lipinski definition) is 0. The highest BCUT2D eigenvalue weighted by Gasteiger charge is 2.43. The van der Waals surface area contributed by atoms with Crippen molar-refractivity contribution in [3.63, 3.8) is 0 Å². The second-order valence-electron chi connectivity index (χ2n) is 7.48. The normalized spacial score (nSPS) is 23.1. The highest BCUT2D eigenvalue weighted by Crippen LogP contribution is 2.48. The molecule has 0 aromatic heterocycles. The average molecular weight is 314 g/mol. The van der Waals surface area contributed by atoms with Crippen molar-refractivity contribution in [3.8, 4) is 5.75 Å². The summed E-state index contributed by atoms with van der Waals surface area (Å²) in [5.74, 6) is 1.23. The first-order valence-electron chi connectivity index (χ1n) is 8.86. The molecular weight excluding hydrogens is 288 g/mol. The van der Waals surface area contributed by atoms with Crippen molar-refractivity contribution in [2.75, 3.05) is 38.2 Å². The predicted octanol–water partition coefficient (Wildman–Crippen LogP) is 2.73. The zero-order valence-corrected chi connectivity index (χ0v) is 14.2. The quantitative estimate of drug-likeness (QED) is 0.738. The van der Waals surface area contributed by atoms with E-state index in [-0.39, 0.29) is 11.3 Å². The van der Waals surface area contributed by atoms with E-state index in [0.717, 1.165) is 69.8 Å². The van der Waals surface area contributed by atoms with Crippen LogP contribution in [0.25, 0.3) is 0 Å². The Hall–Kier alpha value is -1.55. The first-order chi connectivity index (χ1) is 11.1. The Balaban J connectivity index is 1.78. The summed E-state index contributed by atoms with van der Waals surface area (Å²) in [4.78, 5) is 16.5. The number of rotatable bonds is 0. The van der Waals surface area contributed by atoms with Gasteiger partial charge in [-0.25, -0.2) is 0 Å². The third-order valence-electron chi connectivity index (χ3n) is 5.95. The Kier molecular flexibility index (Phi) is 3.60. The molecule has 4 rings (SSSR count). The van der Waals surface area contributed by atoms with Gasteiger partial charge in [-0.1, -0.05) is 0 Å². The summed E-state index contributed by atoms with van der Waals surface area (Å²) in [7, 11) is 2.19. The molecule has 1 aromatic rings. The molecule has 1 amide bonds. The number of aryl methyl sites for hydroxylation is 1. The highest BCUT2D eigenvalue weighted by atomic mass is 16.5. The molecule has 124 valence electrons. The van der Waals surface area contributed by atoms with Gasteiger partial charge < -0.3 is 14.5 Å². The van der Waals surface area contributed by atoms with Gasteiger partial charge in [0.25, 0.3) is 0 Å². The van der Waals surface area contributed by atoms with E-state index in [0.29, 0.717) is 0 Å². The maximum atomic E-state index is 12.1. The summed E-state index contributed by atoms with van der Waals surface area (Å²) in [6.07, 6.45) is 5.57. The Morgan fingerprint density at radius 3 is 2.70 bits per heavy atom. The standard InChI is InChI=1S/C19H26N2O2/c1-14(22)21-8-4-3-5-15-11-18-16(12-17(15)21)19(13-23-18)6-9-20(2)10-7-19/h11-12H,3-10,13H2,1-2H3. The Labute approximate surface area is 138 Å². The number of carbonyl (C=O) groups excluding carboxylic acids is 1. The van der Waals surface area contributed by atoms with Crippen LogP contribution in [0.3, 0.4) is 0 Å². The van der Waals surface area contributed by atoms with E-state index < -0.39 is 0 Å². The van der Waals surface area contributed by atoms with Crippen LogP contribution in [0.1, 0.15) is 43.7 Å². The number of benzene rings is 1. The second-order valence-corrected chi connectivity index (χ2v) is 7.48. The van der Waals surface area contributed by atoms with Crippen LogP contribution in [-0.2, 0) is 16.6 Å². The second kappa shape index (κ2) is 5.52. The van der Waals surface area contributed by atoms with Crippen LogP contribution in [-0.4, -0.2) is 44.1 Å². The molecule has 1 spiro atoms. The molecule has 3 heterocycles. The van der Waals surface area contributed by atoms with Gasteiger partial charge in [0, 0.05) is 30.1 Å². The molecule has 0 aliphatic carbocycles. The van der Waals surface area contributed by atoms with Gasteiger partial charge in [-0.2, -0.15) is 0 Å². The molecule has 0 saturated carbocycles. The number of ether oxygens (including phenoxy) is 1. The fraction of sp³-hybridized carbons (Fsp3) is 0.632. The van der Waals surface area contributed by atoms with Gasteiger partial charge in [-0.15, -0.1) is 0 Å². The van der Waals surface area contributed by atoms with Gasteiger partial charge >= 0.3 is 0 Å². The van der Waals surface area contributed by atoms with E-state index in [4.69, 9.17) is 4.74 Å². The number of hydrogen-bond acceptors (Lipinski definition) is 3. The number of likely N-dealkylation sites (tertiary alicyclic amines) is 1. The molecule has 1 aromatic carbocycles. The molecule has 1 fully saturated rings. The minimum atomic E-state index is 0.157. The largest absolute Gasteiger partial charge is 0.492 e. The van der Waals surface area contributed by atoms with Crippen LogP contribution in [0.4, 0.5) is 5.69 Å². The van der Waals surface area contributed by atoms with Crippen LogP contribution < -0.4 is 9.64 Å². The van der Waals surface area contributed by atoms with Crippen LogP contribution in [0.2, 0.25) is 0 Å². The summed E-state index contributed by atoms with van der Waals surface area (Å²) in [6, 6.07) is 4.51. The van der Waals surface area contributed by atoms with Crippen molar-refractivity contribution < 1.29 is 9.53 Å². The van der Waals surface area contributed by atoms with E-state index >= 15 is 0 Å². The van der Waals surface area contributed by atoms with E-state index in [9.17, 15) is 4.79 Å². The Morgan fingerprint density at radius 2 is 1.96 bits per heavy atom. The van der Waals surface area contributed by atoms with Crippen molar-refractivity contribution >= 4 is 11.6 Å². The number of carbonyl (C=O) groups is 1. The average Bonchev–Trinajstić information content (AvgIpc) is 2.73. The number of nitrogens with zero attached hydrogens (tertiary/aromatic N) is 2. The molecule has 4 heteroatoms. The number of fused-ring (bicyclic) bond motifs is 3. The lowest BCUT2D eigenvalue weighted by Crippen LogP contribution is -2.42. The van der Waals surface area contributed by atoms with Gasteiger partial charge in [0.15, 0.2) is 0 Å².